The molecule has 0 saturated carbocycles. The molecule has 0 saturated heterocycles. The van der Waals surface area contributed by atoms with Gasteiger partial charge in [0.05, 0.1) is 20.4 Å². The van der Waals surface area contributed by atoms with Gasteiger partial charge in [-0.25, -0.2) is 5.43 Å². The number of hydrazone groups is 1. The molecule has 0 aliphatic carbocycles. The molecule has 7 heteroatoms. The van der Waals surface area contributed by atoms with Gasteiger partial charge in [-0.3, -0.25) is 4.79 Å². The van der Waals surface area contributed by atoms with Gasteiger partial charge in [-0.15, -0.1) is 0 Å². The zero-order chi connectivity index (χ0) is 23.4. The fourth-order valence-electron chi connectivity index (χ4n) is 3.78. The number of amides is 1. The number of hydrogen-bond donors (Lipinski definition) is 1. The van der Waals surface area contributed by atoms with Crippen LogP contribution in [-0.2, 0) is 6.54 Å². The molecule has 1 N–H and O–H groups in total. The minimum Gasteiger partial charge on any atom is -0.497 e. The third-order valence-corrected chi connectivity index (χ3v) is 5.91. The van der Waals surface area contributed by atoms with Crippen molar-refractivity contribution in [2.75, 3.05) is 14.2 Å². The van der Waals surface area contributed by atoms with Crippen LogP contribution < -0.4 is 14.9 Å². The molecule has 1 amide bonds. The maximum atomic E-state index is 12.6. The summed E-state index contributed by atoms with van der Waals surface area (Å²) in [6, 6.07) is 20.9. The van der Waals surface area contributed by atoms with Gasteiger partial charge in [0.15, 0.2) is 0 Å². The van der Waals surface area contributed by atoms with Crippen LogP contribution in [0.25, 0.3) is 10.9 Å². The standard InChI is InChI=1S/C26H24ClN3O3/c1-17-23(15-28-29-26(31)19-12-20(32-2)14-21(13-19)33-3)22-9-5-7-11-25(22)30(17)16-18-8-4-6-10-24(18)27/h4-15H,16H2,1-3H3,(H,29,31). The molecule has 3 aromatic carbocycles. The van der Waals surface area contributed by atoms with Crippen LogP contribution in [-0.4, -0.2) is 30.9 Å². The fourth-order valence-corrected chi connectivity index (χ4v) is 3.98. The maximum absolute atomic E-state index is 12.6. The van der Waals surface area contributed by atoms with Crippen LogP contribution in [0.1, 0.15) is 27.2 Å². The SMILES string of the molecule is COc1cc(OC)cc(C(=O)NN=Cc2c(C)n(Cc3ccccc3Cl)c3ccccc23)c1. The summed E-state index contributed by atoms with van der Waals surface area (Å²) in [6.07, 6.45) is 1.68. The molecule has 0 radical (unpaired) electrons. The summed E-state index contributed by atoms with van der Waals surface area (Å²) in [6.45, 7) is 2.67. The van der Waals surface area contributed by atoms with E-state index in [-0.39, 0.29) is 5.91 Å². The largest absolute Gasteiger partial charge is 0.497 e. The first-order chi connectivity index (χ1) is 16.0. The topological polar surface area (TPSA) is 64.8 Å². The number of hydrogen-bond acceptors (Lipinski definition) is 4. The molecule has 0 unspecified atom stereocenters. The molecule has 0 atom stereocenters. The van der Waals surface area contributed by atoms with Crippen LogP contribution in [0.15, 0.2) is 71.8 Å². The van der Waals surface area contributed by atoms with Crippen molar-refractivity contribution in [3.63, 3.8) is 0 Å². The Hall–Kier alpha value is -3.77. The lowest BCUT2D eigenvalue weighted by Crippen LogP contribution is -2.17. The van der Waals surface area contributed by atoms with E-state index in [4.69, 9.17) is 21.1 Å². The van der Waals surface area contributed by atoms with E-state index >= 15 is 0 Å². The molecule has 0 aliphatic heterocycles. The Balaban J connectivity index is 1.62. The summed E-state index contributed by atoms with van der Waals surface area (Å²) in [5, 5.41) is 6.00. The van der Waals surface area contributed by atoms with E-state index in [0.717, 1.165) is 32.7 Å². The smallest absolute Gasteiger partial charge is 0.271 e. The van der Waals surface area contributed by atoms with Gasteiger partial charge in [-0.05, 0) is 36.8 Å². The van der Waals surface area contributed by atoms with Gasteiger partial charge >= 0.3 is 0 Å². The molecule has 0 bridgehead atoms. The first-order valence-corrected chi connectivity index (χ1v) is 10.8. The second-order valence-electron chi connectivity index (χ2n) is 7.49. The van der Waals surface area contributed by atoms with Gasteiger partial charge in [0.1, 0.15) is 11.5 Å². The van der Waals surface area contributed by atoms with Crippen molar-refractivity contribution in [2.45, 2.75) is 13.5 Å². The highest BCUT2D eigenvalue weighted by Crippen LogP contribution is 2.27. The second kappa shape index (κ2) is 9.79. The summed E-state index contributed by atoms with van der Waals surface area (Å²) in [4.78, 5) is 12.6. The van der Waals surface area contributed by atoms with Crippen molar-refractivity contribution in [2.24, 2.45) is 5.10 Å². The van der Waals surface area contributed by atoms with Gasteiger partial charge in [0.2, 0.25) is 0 Å². The Morgan fingerprint density at radius 1 is 1.03 bits per heavy atom. The van der Waals surface area contributed by atoms with Crippen molar-refractivity contribution in [3.05, 3.63) is 94.1 Å². The van der Waals surface area contributed by atoms with Crippen molar-refractivity contribution >= 4 is 34.6 Å². The van der Waals surface area contributed by atoms with E-state index in [9.17, 15) is 4.79 Å². The number of ether oxygens (including phenoxy) is 2. The van der Waals surface area contributed by atoms with Crippen molar-refractivity contribution in [1.82, 2.24) is 9.99 Å². The highest BCUT2D eigenvalue weighted by Gasteiger charge is 2.14. The molecule has 4 aromatic rings. The molecule has 0 fully saturated rings. The predicted octanol–water partition coefficient (Wildman–Crippen LogP) is 5.43. The number of benzene rings is 3. The van der Waals surface area contributed by atoms with Crippen molar-refractivity contribution in [1.29, 1.82) is 0 Å². The summed E-state index contributed by atoms with van der Waals surface area (Å²) < 4.78 is 12.7. The zero-order valence-corrected chi connectivity index (χ0v) is 19.4. The lowest BCUT2D eigenvalue weighted by Gasteiger charge is -2.10. The third kappa shape index (κ3) is 4.71. The average Bonchev–Trinajstić information content (AvgIpc) is 3.11. The monoisotopic (exact) mass is 461 g/mol. The summed E-state index contributed by atoms with van der Waals surface area (Å²) in [5.74, 6) is 0.699. The minimum atomic E-state index is -0.360. The molecule has 0 spiro atoms. The highest BCUT2D eigenvalue weighted by molar-refractivity contribution is 6.31. The van der Waals surface area contributed by atoms with E-state index < -0.39 is 0 Å². The number of carbonyl (C=O) groups is 1. The van der Waals surface area contributed by atoms with Gasteiger partial charge in [0.25, 0.3) is 5.91 Å². The van der Waals surface area contributed by atoms with E-state index in [1.54, 1.807) is 24.4 Å². The number of nitrogens with zero attached hydrogens (tertiary/aromatic N) is 2. The number of halogens is 1. The van der Waals surface area contributed by atoms with E-state index in [1.807, 2.05) is 49.4 Å². The predicted molar refractivity (Wildman–Crippen MR) is 132 cm³/mol. The minimum absolute atomic E-state index is 0.360. The van der Waals surface area contributed by atoms with Crippen LogP contribution in [0.5, 0.6) is 11.5 Å². The quantitative estimate of drug-likeness (QED) is 0.294. The average molecular weight is 462 g/mol. The Kier molecular flexibility index (Phi) is 6.66. The van der Waals surface area contributed by atoms with Crippen LogP contribution in [0.3, 0.4) is 0 Å². The van der Waals surface area contributed by atoms with Crippen LogP contribution in [0, 0.1) is 6.92 Å². The van der Waals surface area contributed by atoms with E-state index in [0.29, 0.717) is 23.6 Å². The van der Waals surface area contributed by atoms with Gasteiger partial charge in [-0.1, -0.05) is 48.0 Å². The Labute approximate surface area is 197 Å². The van der Waals surface area contributed by atoms with Gasteiger partial charge in [-0.2, -0.15) is 5.10 Å². The van der Waals surface area contributed by atoms with Gasteiger partial charge < -0.3 is 14.0 Å². The summed E-state index contributed by atoms with van der Waals surface area (Å²) in [5.41, 5.74) is 7.05. The van der Waals surface area contributed by atoms with Crippen molar-refractivity contribution < 1.29 is 14.3 Å². The molecule has 168 valence electrons. The number of aromatic nitrogens is 1. The van der Waals surface area contributed by atoms with Crippen molar-refractivity contribution in [3.8, 4) is 11.5 Å². The van der Waals surface area contributed by atoms with Gasteiger partial charge in [0, 0.05) is 45.4 Å². The fraction of sp³-hybridized carbons (Fsp3) is 0.154. The number of methoxy groups -OCH3 is 2. The Morgan fingerprint density at radius 3 is 2.39 bits per heavy atom. The third-order valence-electron chi connectivity index (χ3n) is 5.54. The molecule has 4 rings (SSSR count). The molecular formula is C26H24ClN3O3. The first-order valence-electron chi connectivity index (χ1n) is 10.4. The van der Waals surface area contributed by atoms with Crippen LogP contribution in [0.4, 0.5) is 0 Å². The first kappa shape index (κ1) is 22.4. The number of para-hydroxylation sites is 1. The van der Waals surface area contributed by atoms with E-state index in [1.165, 1.54) is 14.2 Å². The highest BCUT2D eigenvalue weighted by atomic mass is 35.5. The molecule has 1 aromatic heterocycles. The van der Waals surface area contributed by atoms with Crippen LogP contribution >= 0.6 is 11.6 Å². The normalized spacial score (nSPS) is 11.2. The summed E-state index contributed by atoms with van der Waals surface area (Å²) >= 11 is 6.40. The molecule has 6 nitrogen and oxygen atoms in total. The lowest BCUT2D eigenvalue weighted by molar-refractivity contribution is 0.0954. The molecule has 1 heterocycles. The lowest BCUT2D eigenvalue weighted by atomic mass is 10.1. The molecular weight excluding hydrogens is 438 g/mol. The molecule has 33 heavy (non-hydrogen) atoms. The number of rotatable bonds is 7. The summed E-state index contributed by atoms with van der Waals surface area (Å²) in [7, 11) is 3.07. The Morgan fingerprint density at radius 2 is 1.70 bits per heavy atom. The number of carbonyl (C=O) groups excluding carboxylic acids is 1. The molecule has 0 aliphatic rings. The Bertz CT molecular complexity index is 1320. The number of fused-ring (bicyclic) bond motifs is 1. The van der Waals surface area contributed by atoms with E-state index in [2.05, 4.69) is 21.2 Å². The maximum Gasteiger partial charge on any atom is 0.271 e. The number of nitrogens with one attached hydrogen (secondary N) is 1. The van der Waals surface area contributed by atoms with Crippen LogP contribution in [0.2, 0.25) is 5.02 Å². The second-order valence-corrected chi connectivity index (χ2v) is 7.90. The zero-order valence-electron chi connectivity index (χ0n) is 18.6.